The summed E-state index contributed by atoms with van der Waals surface area (Å²) in [5.74, 6) is -0.00860. The van der Waals surface area contributed by atoms with Gasteiger partial charge in [-0.15, -0.1) is 12.4 Å². The number of benzene rings is 1. The van der Waals surface area contributed by atoms with Crippen LogP contribution in [-0.4, -0.2) is 36.5 Å². The summed E-state index contributed by atoms with van der Waals surface area (Å²) in [6.45, 7) is 3.86. The molecule has 6 heteroatoms. The Hall–Kier alpha value is -0.810. The van der Waals surface area contributed by atoms with Gasteiger partial charge >= 0.3 is 0 Å². The van der Waals surface area contributed by atoms with Crippen molar-refractivity contribution in [3.8, 4) is 0 Å². The Morgan fingerprint density at radius 1 is 1.55 bits per heavy atom. The number of hydrogen-bond acceptors (Lipinski definition) is 3. The van der Waals surface area contributed by atoms with E-state index in [1.165, 1.54) is 0 Å². The van der Waals surface area contributed by atoms with Crippen molar-refractivity contribution in [2.24, 2.45) is 5.73 Å². The number of nitrogens with zero attached hydrogens (tertiary/aromatic N) is 1. The Morgan fingerprint density at radius 2 is 2.30 bits per heavy atom. The quantitative estimate of drug-likeness (QED) is 0.896. The third-order valence-electron chi connectivity index (χ3n) is 3.66. The number of nitrogens with one attached hydrogen (secondary N) is 1. The van der Waals surface area contributed by atoms with Gasteiger partial charge < -0.3 is 11.1 Å². The van der Waals surface area contributed by atoms with Crippen LogP contribution in [-0.2, 0) is 4.79 Å². The Kier molecular flexibility index (Phi) is 6.76. The molecular weight excluding hydrogens is 297 g/mol. The molecule has 1 aromatic carbocycles. The van der Waals surface area contributed by atoms with Crippen LogP contribution in [0.1, 0.15) is 18.4 Å². The second kappa shape index (κ2) is 7.84. The SMILES string of the molecule is Cc1c(Cl)cccc1NC(=O)CN1CCCC1CN.Cl. The van der Waals surface area contributed by atoms with E-state index in [0.717, 1.165) is 30.6 Å². The molecule has 1 atom stereocenters. The van der Waals surface area contributed by atoms with Crippen molar-refractivity contribution in [3.63, 3.8) is 0 Å². The van der Waals surface area contributed by atoms with Gasteiger partial charge in [-0.05, 0) is 44.0 Å². The highest BCUT2D eigenvalue weighted by atomic mass is 35.5. The summed E-state index contributed by atoms with van der Waals surface area (Å²) in [4.78, 5) is 14.2. The highest BCUT2D eigenvalue weighted by Gasteiger charge is 2.24. The fraction of sp³-hybridized carbons (Fsp3) is 0.500. The van der Waals surface area contributed by atoms with E-state index < -0.39 is 0 Å². The lowest BCUT2D eigenvalue weighted by Crippen LogP contribution is -2.40. The predicted octanol–water partition coefficient (Wildman–Crippen LogP) is 2.43. The minimum Gasteiger partial charge on any atom is -0.329 e. The molecule has 4 nitrogen and oxygen atoms in total. The summed E-state index contributed by atoms with van der Waals surface area (Å²) >= 11 is 6.03. The summed E-state index contributed by atoms with van der Waals surface area (Å²) < 4.78 is 0. The summed E-state index contributed by atoms with van der Waals surface area (Å²) in [6.07, 6.45) is 2.20. The first-order valence-corrected chi connectivity index (χ1v) is 6.98. The number of rotatable bonds is 4. The number of halogens is 2. The van der Waals surface area contributed by atoms with Crippen molar-refractivity contribution in [1.82, 2.24) is 4.90 Å². The molecule has 1 saturated heterocycles. The Labute approximate surface area is 131 Å². The molecule has 0 aromatic heterocycles. The van der Waals surface area contributed by atoms with E-state index in [0.29, 0.717) is 24.2 Å². The molecule has 1 heterocycles. The van der Waals surface area contributed by atoms with Crippen molar-refractivity contribution in [2.75, 3.05) is 25.0 Å². The number of carbonyl (C=O) groups is 1. The highest BCUT2D eigenvalue weighted by molar-refractivity contribution is 6.31. The molecule has 3 N–H and O–H groups in total. The van der Waals surface area contributed by atoms with Gasteiger partial charge in [-0.1, -0.05) is 17.7 Å². The van der Waals surface area contributed by atoms with E-state index in [9.17, 15) is 4.79 Å². The van der Waals surface area contributed by atoms with E-state index in [-0.39, 0.29) is 18.3 Å². The maximum Gasteiger partial charge on any atom is 0.238 e. The minimum absolute atomic E-state index is 0. The number of carbonyl (C=O) groups excluding carboxylic acids is 1. The Morgan fingerprint density at radius 3 is 3.00 bits per heavy atom. The van der Waals surface area contributed by atoms with Gasteiger partial charge in [0.2, 0.25) is 5.91 Å². The lowest BCUT2D eigenvalue weighted by Gasteiger charge is -2.22. The van der Waals surface area contributed by atoms with Gasteiger partial charge in [-0.25, -0.2) is 0 Å². The highest BCUT2D eigenvalue weighted by Crippen LogP contribution is 2.23. The summed E-state index contributed by atoms with van der Waals surface area (Å²) in [5.41, 5.74) is 7.38. The number of hydrogen-bond donors (Lipinski definition) is 2. The normalized spacial score (nSPS) is 18.6. The van der Waals surface area contributed by atoms with Crippen LogP contribution in [0.3, 0.4) is 0 Å². The summed E-state index contributed by atoms with van der Waals surface area (Å²) in [6, 6.07) is 5.86. The third-order valence-corrected chi connectivity index (χ3v) is 4.07. The number of anilines is 1. The molecule has 20 heavy (non-hydrogen) atoms. The molecule has 0 bridgehead atoms. The predicted molar refractivity (Wildman–Crippen MR) is 85.7 cm³/mol. The minimum atomic E-state index is -0.00860. The average molecular weight is 318 g/mol. The zero-order chi connectivity index (χ0) is 13.8. The molecule has 2 rings (SSSR count). The van der Waals surface area contributed by atoms with Crippen molar-refractivity contribution in [3.05, 3.63) is 28.8 Å². The van der Waals surface area contributed by atoms with E-state index >= 15 is 0 Å². The second-order valence-corrected chi connectivity index (χ2v) is 5.37. The number of likely N-dealkylation sites (tertiary alicyclic amines) is 1. The molecule has 0 aliphatic carbocycles. The Bertz CT molecular complexity index is 468. The molecule has 112 valence electrons. The third kappa shape index (κ3) is 4.09. The van der Waals surface area contributed by atoms with Gasteiger partial charge in [0.1, 0.15) is 0 Å². The monoisotopic (exact) mass is 317 g/mol. The van der Waals surface area contributed by atoms with Crippen LogP contribution in [0, 0.1) is 6.92 Å². The first-order chi connectivity index (χ1) is 9.11. The molecule has 1 aromatic rings. The average Bonchev–Trinajstić information content (AvgIpc) is 2.82. The smallest absolute Gasteiger partial charge is 0.238 e. The van der Waals surface area contributed by atoms with E-state index in [1.54, 1.807) is 0 Å². The zero-order valence-corrected chi connectivity index (χ0v) is 13.1. The second-order valence-electron chi connectivity index (χ2n) is 4.96. The standard InChI is InChI=1S/C14H20ClN3O.ClH/c1-10-12(15)5-2-6-13(10)17-14(19)9-18-7-3-4-11(18)8-16;/h2,5-6,11H,3-4,7-9,16H2,1H3,(H,17,19);1H. The van der Waals surface area contributed by atoms with Crippen LogP contribution in [0.4, 0.5) is 5.69 Å². The molecule has 1 unspecified atom stereocenters. The molecule has 1 aliphatic heterocycles. The van der Waals surface area contributed by atoms with Gasteiger partial charge in [0.15, 0.2) is 0 Å². The van der Waals surface area contributed by atoms with E-state index in [2.05, 4.69) is 10.2 Å². The topological polar surface area (TPSA) is 58.4 Å². The van der Waals surface area contributed by atoms with Crippen molar-refractivity contribution < 1.29 is 4.79 Å². The summed E-state index contributed by atoms with van der Waals surface area (Å²) in [7, 11) is 0. The first kappa shape index (κ1) is 17.2. The summed E-state index contributed by atoms with van der Waals surface area (Å²) in [5, 5.41) is 3.58. The van der Waals surface area contributed by atoms with E-state index in [4.69, 9.17) is 17.3 Å². The van der Waals surface area contributed by atoms with Gasteiger partial charge in [0.05, 0.1) is 6.54 Å². The molecule has 1 amide bonds. The van der Waals surface area contributed by atoms with Crippen molar-refractivity contribution in [2.45, 2.75) is 25.8 Å². The molecular formula is C14H21Cl2N3O. The molecule has 1 fully saturated rings. The van der Waals surface area contributed by atoms with Crippen LogP contribution in [0.2, 0.25) is 5.02 Å². The number of nitrogens with two attached hydrogens (primary N) is 1. The fourth-order valence-corrected chi connectivity index (χ4v) is 2.66. The lowest BCUT2D eigenvalue weighted by molar-refractivity contribution is -0.117. The van der Waals surface area contributed by atoms with Crippen LogP contribution < -0.4 is 11.1 Å². The molecule has 1 aliphatic rings. The maximum absolute atomic E-state index is 12.1. The molecule has 0 radical (unpaired) electrons. The molecule has 0 saturated carbocycles. The fourth-order valence-electron chi connectivity index (χ4n) is 2.49. The van der Waals surface area contributed by atoms with Crippen LogP contribution >= 0.6 is 24.0 Å². The van der Waals surface area contributed by atoms with Gasteiger partial charge in [-0.2, -0.15) is 0 Å². The number of amides is 1. The first-order valence-electron chi connectivity index (χ1n) is 6.61. The van der Waals surface area contributed by atoms with Crippen molar-refractivity contribution in [1.29, 1.82) is 0 Å². The van der Waals surface area contributed by atoms with Gasteiger partial charge in [-0.3, -0.25) is 9.69 Å². The van der Waals surface area contributed by atoms with Crippen LogP contribution in [0.25, 0.3) is 0 Å². The largest absolute Gasteiger partial charge is 0.329 e. The van der Waals surface area contributed by atoms with Gasteiger partial charge in [0.25, 0.3) is 0 Å². The van der Waals surface area contributed by atoms with Crippen LogP contribution in [0.15, 0.2) is 18.2 Å². The Balaban J connectivity index is 0.00000200. The molecule has 0 spiro atoms. The van der Waals surface area contributed by atoms with Crippen molar-refractivity contribution >= 4 is 35.6 Å². The lowest BCUT2D eigenvalue weighted by atomic mass is 10.2. The maximum atomic E-state index is 12.1. The van der Waals surface area contributed by atoms with E-state index in [1.807, 2.05) is 25.1 Å². The van der Waals surface area contributed by atoms with Crippen LogP contribution in [0.5, 0.6) is 0 Å². The van der Waals surface area contributed by atoms with Gasteiger partial charge in [0, 0.05) is 23.3 Å². The zero-order valence-electron chi connectivity index (χ0n) is 11.6.